The summed E-state index contributed by atoms with van der Waals surface area (Å²) in [7, 11) is 0. The molecular formula is C19H29FIN5O2. The van der Waals surface area contributed by atoms with Crippen molar-refractivity contribution in [1.29, 1.82) is 0 Å². The number of nitrogens with one attached hydrogen (secondary N) is 4. The van der Waals surface area contributed by atoms with Crippen molar-refractivity contribution in [1.82, 2.24) is 21.3 Å². The Labute approximate surface area is 182 Å². The minimum absolute atomic E-state index is 0. The highest BCUT2D eigenvalue weighted by molar-refractivity contribution is 14.0. The third-order valence-electron chi connectivity index (χ3n) is 3.97. The lowest BCUT2D eigenvalue weighted by Crippen LogP contribution is -2.42. The molecule has 0 saturated heterocycles. The first-order chi connectivity index (χ1) is 13.1. The second-order valence-electron chi connectivity index (χ2n) is 6.41. The van der Waals surface area contributed by atoms with Crippen LogP contribution >= 0.6 is 24.0 Å². The van der Waals surface area contributed by atoms with Crippen molar-refractivity contribution in [3.05, 3.63) is 35.6 Å². The van der Waals surface area contributed by atoms with E-state index in [2.05, 4.69) is 26.3 Å². The maximum Gasteiger partial charge on any atom is 0.224 e. The lowest BCUT2D eigenvalue weighted by molar-refractivity contribution is -0.122. The number of carbonyl (C=O) groups is 2. The fourth-order valence-corrected chi connectivity index (χ4v) is 2.46. The molecule has 1 aromatic rings. The predicted molar refractivity (Wildman–Crippen MR) is 118 cm³/mol. The van der Waals surface area contributed by atoms with Crippen molar-refractivity contribution in [3.63, 3.8) is 0 Å². The van der Waals surface area contributed by atoms with Gasteiger partial charge in [-0.15, -0.1) is 24.0 Å². The van der Waals surface area contributed by atoms with E-state index in [0.29, 0.717) is 44.2 Å². The lowest BCUT2D eigenvalue weighted by Gasteiger charge is -2.12. The summed E-state index contributed by atoms with van der Waals surface area (Å²) in [4.78, 5) is 27.8. The second kappa shape index (κ2) is 13.3. The molecule has 4 N–H and O–H groups in total. The molecule has 156 valence electrons. The zero-order valence-electron chi connectivity index (χ0n) is 16.1. The Bertz CT molecular complexity index is 667. The lowest BCUT2D eigenvalue weighted by atomic mass is 10.1. The van der Waals surface area contributed by atoms with Gasteiger partial charge in [-0.3, -0.25) is 14.6 Å². The van der Waals surface area contributed by atoms with Gasteiger partial charge in [-0.25, -0.2) is 4.39 Å². The molecule has 0 bridgehead atoms. The highest BCUT2D eigenvalue weighted by atomic mass is 127. The third kappa shape index (κ3) is 9.86. The molecule has 0 atom stereocenters. The molecule has 9 heteroatoms. The summed E-state index contributed by atoms with van der Waals surface area (Å²) in [5.41, 5.74) is 0.638. The smallest absolute Gasteiger partial charge is 0.224 e. The van der Waals surface area contributed by atoms with Gasteiger partial charge < -0.3 is 21.3 Å². The van der Waals surface area contributed by atoms with Crippen LogP contribution < -0.4 is 21.3 Å². The van der Waals surface area contributed by atoms with E-state index in [1.165, 1.54) is 12.1 Å². The van der Waals surface area contributed by atoms with Gasteiger partial charge in [-0.05, 0) is 37.5 Å². The van der Waals surface area contributed by atoms with Gasteiger partial charge in [0, 0.05) is 32.1 Å². The Hall–Kier alpha value is -1.91. The zero-order chi connectivity index (χ0) is 19.5. The Morgan fingerprint density at radius 1 is 1.11 bits per heavy atom. The largest absolute Gasteiger partial charge is 0.357 e. The minimum atomic E-state index is -0.348. The van der Waals surface area contributed by atoms with E-state index in [9.17, 15) is 14.0 Å². The molecule has 0 heterocycles. The van der Waals surface area contributed by atoms with E-state index in [1.807, 2.05) is 6.92 Å². The first-order valence-electron chi connectivity index (χ1n) is 9.39. The van der Waals surface area contributed by atoms with Crippen molar-refractivity contribution in [3.8, 4) is 0 Å². The molecule has 1 saturated carbocycles. The summed E-state index contributed by atoms with van der Waals surface area (Å²) in [6.07, 6.45) is 2.13. The summed E-state index contributed by atoms with van der Waals surface area (Å²) < 4.78 is 13.1. The number of amides is 2. The summed E-state index contributed by atoms with van der Waals surface area (Å²) in [6.45, 7) is 4.61. The Morgan fingerprint density at radius 3 is 2.54 bits per heavy atom. The quantitative estimate of drug-likeness (QED) is 0.166. The fraction of sp³-hybridized carbons (Fsp3) is 0.526. The second-order valence-corrected chi connectivity index (χ2v) is 6.41. The van der Waals surface area contributed by atoms with Crippen molar-refractivity contribution < 1.29 is 14.0 Å². The number of hydrogen-bond acceptors (Lipinski definition) is 3. The topological polar surface area (TPSA) is 94.6 Å². The third-order valence-corrected chi connectivity index (χ3v) is 3.97. The van der Waals surface area contributed by atoms with E-state index in [4.69, 9.17) is 0 Å². The first kappa shape index (κ1) is 24.1. The van der Waals surface area contributed by atoms with Crippen molar-refractivity contribution in [2.24, 2.45) is 10.9 Å². The van der Waals surface area contributed by atoms with Gasteiger partial charge in [-0.1, -0.05) is 12.1 Å². The van der Waals surface area contributed by atoms with Crippen LogP contribution in [0.5, 0.6) is 0 Å². The number of aliphatic imine (C=N–C) groups is 1. The predicted octanol–water partition coefficient (Wildman–Crippen LogP) is 1.18. The Morgan fingerprint density at radius 2 is 1.86 bits per heavy atom. The summed E-state index contributed by atoms with van der Waals surface area (Å²) in [5, 5.41) is 11.9. The van der Waals surface area contributed by atoms with Crippen LogP contribution in [0.4, 0.5) is 4.39 Å². The molecule has 28 heavy (non-hydrogen) atoms. The van der Waals surface area contributed by atoms with Crippen LogP contribution in [0, 0.1) is 11.7 Å². The number of halogens is 2. The molecule has 0 spiro atoms. The van der Waals surface area contributed by atoms with Gasteiger partial charge in [-0.2, -0.15) is 0 Å². The van der Waals surface area contributed by atoms with E-state index >= 15 is 0 Å². The van der Waals surface area contributed by atoms with E-state index in [1.54, 1.807) is 12.1 Å². The van der Waals surface area contributed by atoms with Gasteiger partial charge in [0.05, 0.1) is 13.0 Å². The average molecular weight is 505 g/mol. The van der Waals surface area contributed by atoms with Gasteiger partial charge in [0.2, 0.25) is 11.8 Å². The number of nitrogens with zero attached hydrogens (tertiary/aromatic N) is 1. The van der Waals surface area contributed by atoms with Crippen LogP contribution in [-0.2, 0) is 16.0 Å². The summed E-state index contributed by atoms with van der Waals surface area (Å²) in [6, 6.07) is 6.01. The molecule has 0 unspecified atom stereocenters. The molecule has 1 fully saturated rings. The highest BCUT2D eigenvalue weighted by Crippen LogP contribution is 2.28. The van der Waals surface area contributed by atoms with E-state index in [-0.39, 0.29) is 53.9 Å². The molecule has 0 radical (unpaired) electrons. The molecule has 1 aliphatic rings. The zero-order valence-corrected chi connectivity index (χ0v) is 18.4. The normalized spacial score (nSPS) is 13.3. The van der Waals surface area contributed by atoms with Crippen molar-refractivity contribution in [2.75, 3.05) is 32.7 Å². The first-order valence-corrected chi connectivity index (χ1v) is 9.39. The molecule has 1 aliphatic carbocycles. The van der Waals surface area contributed by atoms with Gasteiger partial charge >= 0.3 is 0 Å². The standard InChI is InChI=1S/C19H28FN5O2.HI/c1-2-21-19(25-11-9-23-18(27)15-6-7-15)24-10-8-22-17(26)13-14-4-3-5-16(20)12-14;/h3-5,12,15H,2,6-11,13H2,1H3,(H,22,26)(H,23,27)(H2,21,24,25);1H. The average Bonchev–Trinajstić information content (AvgIpc) is 3.47. The Balaban J connectivity index is 0.00000392. The van der Waals surface area contributed by atoms with Gasteiger partial charge in [0.25, 0.3) is 0 Å². The van der Waals surface area contributed by atoms with Crippen LogP contribution in [0.2, 0.25) is 0 Å². The molecule has 2 amide bonds. The molecule has 2 rings (SSSR count). The molecule has 0 aromatic heterocycles. The molecular weight excluding hydrogens is 476 g/mol. The number of carbonyl (C=O) groups excluding carboxylic acids is 2. The van der Waals surface area contributed by atoms with Crippen LogP contribution in [0.1, 0.15) is 25.3 Å². The van der Waals surface area contributed by atoms with Crippen LogP contribution in [0.3, 0.4) is 0 Å². The molecule has 7 nitrogen and oxygen atoms in total. The maximum atomic E-state index is 13.1. The minimum Gasteiger partial charge on any atom is -0.357 e. The van der Waals surface area contributed by atoms with Crippen LogP contribution in [0.15, 0.2) is 29.3 Å². The van der Waals surface area contributed by atoms with Crippen LogP contribution in [0.25, 0.3) is 0 Å². The Kier molecular flexibility index (Phi) is 11.5. The number of guanidine groups is 1. The molecule has 1 aromatic carbocycles. The van der Waals surface area contributed by atoms with Crippen molar-refractivity contribution in [2.45, 2.75) is 26.2 Å². The van der Waals surface area contributed by atoms with E-state index < -0.39 is 0 Å². The SMILES string of the molecule is CCNC(=NCCNC(=O)Cc1cccc(F)c1)NCCNC(=O)C1CC1.I. The maximum absolute atomic E-state index is 13.1. The number of benzene rings is 1. The van der Waals surface area contributed by atoms with Crippen LogP contribution in [-0.4, -0.2) is 50.5 Å². The molecule has 0 aliphatic heterocycles. The van der Waals surface area contributed by atoms with Gasteiger partial charge in [0.15, 0.2) is 5.96 Å². The van der Waals surface area contributed by atoms with Gasteiger partial charge in [0.1, 0.15) is 5.82 Å². The number of rotatable bonds is 10. The monoisotopic (exact) mass is 505 g/mol. The number of hydrogen-bond donors (Lipinski definition) is 4. The summed E-state index contributed by atoms with van der Waals surface area (Å²) in [5.74, 6) is 0.455. The van der Waals surface area contributed by atoms with E-state index in [0.717, 1.165) is 12.8 Å². The fourth-order valence-electron chi connectivity index (χ4n) is 2.46. The summed E-state index contributed by atoms with van der Waals surface area (Å²) >= 11 is 0. The van der Waals surface area contributed by atoms with Crippen molar-refractivity contribution >= 4 is 41.8 Å². The highest BCUT2D eigenvalue weighted by Gasteiger charge is 2.28.